The number of nitrogens with zero attached hydrogens (tertiary/aromatic N) is 2. The zero-order chi connectivity index (χ0) is 21.2. The van der Waals surface area contributed by atoms with Crippen LogP contribution in [0.4, 0.5) is 0 Å². The Morgan fingerprint density at radius 3 is 2.30 bits per heavy atom. The summed E-state index contributed by atoms with van der Waals surface area (Å²) in [6.45, 7) is 7.03. The summed E-state index contributed by atoms with van der Waals surface area (Å²) < 4.78 is 21.5. The topological polar surface area (TPSA) is 81.6 Å². The minimum absolute atomic E-state index is 0. The highest BCUT2D eigenvalue weighted by atomic mass is 127. The molecule has 1 N–H and O–H groups in total. The first-order valence-corrected chi connectivity index (χ1v) is 10.1. The lowest BCUT2D eigenvalue weighted by Crippen LogP contribution is -2.46. The monoisotopic (exact) mass is 535 g/mol. The van der Waals surface area contributed by atoms with Gasteiger partial charge in [-0.25, -0.2) is 4.99 Å². The summed E-state index contributed by atoms with van der Waals surface area (Å²) in [5.74, 6) is 2.50. The number of carbonyl (C=O) groups excluding carboxylic acids is 1. The predicted molar refractivity (Wildman–Crippen MR) is 127 cm³/mol. The van der Waals surface area contributed by atoms with Crippen LogP contribution in [-0.4, -0.2) is 64.4 Å². The van der Waals surface area contributed by atoms with Gasteiger partial charge in [0.1, 0.15) is 0 Å². The Hall–Kier alpha value is -1.91. The third-order valence-corrected chi connectivity index (χ3v) is 4.93. The van der Waals surface area contributed by atoms with Crippen LogP contribution in [0, 0.1) is 5.92 Å². The van der Waals surface area contributed by atoms with Gasteiger partial charge in [0.15, 0.2) is 17.5 Å². The summed E-state index contributed by atoms with van der Waals surface area (Å²) in [5, 5.41) is 3.34. The van der Waals surface area contributed by atoms with Crippen LogP contribution in [0.3, 0.4) is 0 Å². The number of aliphatic imine (C=N–C) groups is 1. The molecule has 0 saturated carbocycles. The number of methoxy groups -OCH3 is 3. The molecule has 1 aliphatic rings. The van der Waals surface area contributed by atoms with E-state index in [4.69, 9.17) is 23.9 Å². The molecule has 9 heteroatoms. The van der Waals surface area contributed by atoms with Gasteiger partial charge < -0.3 is 29.2 Å². The molecule has 30 heavy (non-hydrogen) atoms. The first-order chi connectivity index (χ1) is 14.1. The van der Waals surface area contributed by atoms with Crippen LogP contribution in [0.2, 0.25) is 0 Å². The number of guanidine groups is 1. The minimum Gasteiger partial charge on any atom is -0.493 e. The summed E-state index contributed by atoms with van der Waals surface area (Å²) in [4.78, 5) is 19.0. The first kappa shape index (κ1) is 26.1. The maximum Gasteiger partial charge on any atom is 0.309 e. The molecule has 1 aromatic rings. The van der Waals surface area contributed by atoms with Gasteiger partial charge in [0.25, 0.3) is 0 Å². The fourth-order valence-corrected chi connectivity index (χ4v) is 3.46. The van der Waals surface area contributed by atoms with Crippen molar-refractivity contribution in [3.05, 3.63) is 17.7 Å². The van der Waals surface area contributed by atoms with Gasteiger partial charge in [-0.2, -0.15) is 0 Å². The Morgan fingerprint density at radius 1 is 1.10 bits per heavy atom. The van der Waals surface area contributed by atoms with Crippen molar-refractivity contribution in [1.29, 1.82) is 0 Å². The Kier molecular flexibility index (Phi) is 11.7. The van der Waals surface area contributed by atoms with E-state index in [1.165, 1.54) is 0 Å². The summed E-state index contributed by atoms with van der Waals surface area (Å²) in [6, 6.07) is 3.78. The number of hydrogen-bond acceptors (Lipinski definition) is 6. The Morgan fingerprint density at radius 2 is 1.77 bits per heavy atom. The third kappa shape index (κ3) is 6.55. The van der Waals surface area contributed by atoms with E-state index in [2.05, 4.69) is 10.2 Å². The molecule has 0 aliphatic carbocycles. The molecule has 8 nitrogen and oxygen atoms in total. The van der Waals surface area contributed by atoms with Crippen molar-refractivity contribution in [1.82, 2.24) is 10.2 Å². The van der Waals surface area contributed by atoms with Gasteiger partial charge in [0.2, 0.25) is 5.75 Å². The van der Waals surface area contributed by atoms with E-state index in [1.807, 2.05) is 26.0 Å². The highest BCUT2D eigenvalue weighted by Crippen LogP contribution is 2.40. The second-order valence-electron chi connectivity index (χ2n) is 6.68. The van der Waals surface area contributed by atoms with E-state index in [9.17, 15) is 4.79 Å². The number of rotatable bonds is 8. The quantitative estimate of drug-likeness (QED) is 0.237. The number of halogens is 1. The zero-order valence-corrected chi connectivity index (χ0v) is 20.9. The second kappa shape index (κ2) is 13.4. The first-order valence-electron chi connectivity index (χ1n) is 10.1. The maximum atomic E-state index is 12.0. The SMILES string of the molecule is CCNC(=NCc1ccc(OC)c(OC)c1OC)N1CCC(C(=O)OCC)CC1.I. The van der Waals surface area contributed by atoms with E-state index < -0.39 is 0 Å². The maximum absolute atomic E-state index is 12.0. The number of piperidine rings is 1. The van der Waals surface area contributed by atoms with Crippen LogP contribution in [0.25, 0.3) is 0 Å². The van der Waals surface area contributed by atoms with Crippen molar-refractivity contribution in [3.63, 3.8) is 0 Å². The third-order valence-electron chi connectivity index (χ3n) is 4.93. The largest absolute Gasteiger partial charge is 0.493 e. The van der Waals surface area contributed by atoms with Crippen LogP contribution in [0.15, 0.2) is 17.1 Å². The molecule has 1 fully saturated rings. The van der Waals surface area contributed by atoms with E-state index in [0.717, 1.165) is 44.0 Å². The standard InChI is InChI=1S/C21H33N3O5.HI/c1-6-22-21(24-12-10-15(11-13-24)20(25)29-7-2)23-14-16-8-9-17(26-3)19(28-5)18(16)27-4;/h8-9,15H,6-7,10-14H2,1-5H3,(H,22,23);1H. The molecule has 1 heterocycles. The lowest BCUT2D eigenvalue weighted by Gasteiger charge is -2.33. The van der Waals surface area contributed by atoms with Crippen LogP contribution < -0.4 is 19.5 Å². The summed E-state index contributed by atoms with van der Waals surface area (Å²) in [6.07, 6.45) is 1.53. The molecule has 1 aliphatic heterocycles. The number of esters is 1. The number of hydrogen-bond donors (Lipinski definition) is 1. The van der Waals surface area contributed by atoms with Gasteiger partial charge in [-0.05, 0) is 38.8 Å². The number of carbonyl (C=O) groups is 1. The van der Waals surface area contributed by atoms with Gasteiger partial charge in [0, 0.05) is 25.2 Å². The summed E-state index contributed by atoms with van der Waals surface area (Å²) in [5.41, 5.74) is 0.905. The van der Waals surface area contributed by atoms with Crippen molar-refractivity contribution >= 4 is 35.9 Å². The van der Waals surface area contributed by atoms with Crippen LogP contribution >= 0.6 is 24.0 Å². The summed E-state index contributed by atoms with van der Waals surface area (Å²) >= 11 is 0. The Bertz CT molecular complexity index is 706. The fourth-order valence-electron chi connectivity index (χ4n) is 3.46. The Balaban J connectivity index is 0.00000450. The highest BCUT2D eigenvalue weighted by Gasteiger charge is 2.27. The smallest absolute Gasteiger partial charge is 0.309 e. The molecule has 0 amide bonds. The molecule has 170 valence electrons. The fraction of sp³-hybridized carbons (Fsp3) is 0.619. The molecule has 1 saturated heterocycles. The summed E-state index contributed by atoms with van der Waals surface area (Å²) in [7, 11) is 4.79. The van der Waals surface area contributed by atoms with Crippen molar-refractivity contribution in [2.45, 2.75) is 33.2 Å². The minimum atomic E-state index is -0.0934. The molecule has 2 rings (SSSR count). The van der Waals surface area contributed by atoms with Crippen molar-refractivity contribution < 1.29 is 23.7 Å². The highest BCUT2D eigenvalue weighted by molar-refractivity contribution is 14.0. The molecular formula is C21H34IN3O5. The van der Waals surface area contributed by atoms with Crippen molar-refractivity contribution in [3.8, 4) is 17.2 Å². The van der Waals surface area contributed by atoms with Crippen molar-refractivity contribution in [2.75, 3.05) is 47.6 Å². The van der Waals surface area contributed by atoms with Gasteiger partial charge in [-0.3, -0.25) is 4.79 Å². The molecule has 0 bridgehead atoms. The lowest BCUT2D eigenvalue weighted by atomic mass is 9.97. The lowest BCUT2D eigenvalue weighted by molar-refractivity contribution is -0.149. The molecule has 0 spiro atoms. The average Bonchev–Trinajstić information content (AvgIpc) is 2.76. The van der Waals surface area contributed by atoms with Crippen LogP contribution in [0.5, 0.6) is 17.2 Å². The molecular weight excluding hydrogens is 501 g/mol. The van der Waals surface area contributed by atoms with E-state index in [-0.39, 0.29) is 35.9 Å². The molecule has 0 atom stereocenters. The van der Waals surface area contributed by atoms with Crippen molar-refractivity contribution in [2.24, 2.45) is 10.9 Å². The molecule has 1 aromatic carbocycles. The molecule has 0 aromatic heterocycles. The normalized spacial score (nSPS) is 14.6. The molecule has 0 radical (unpaired) electrons. The Labute approximate surface area is 196 Å². The van der Waals surface area contributed by atoms with E-state index >= 15 is 0 Å². The van der Waals surface area contributed by atoms with Gasteiger partial charge in [0.05, 0.1) is 40.4 Å². The zero-order valence-electron chi connectivity index (χ0n) is 18.5. The average molecular weight is 535 g/mol. The molecule has 0 unspecified atom stereocenters. The van der Waals surface area contributed by atoms with E-state index in [1.54, 1.807) is 21.3 Å². The van der Waals surface area contributed by atoms with E-state index in [0.29, 0.717) is 30.4 Å². The van der Waals surface area contributed by atoms with Gasteiger partial charge >= 0.3 is 5.97 Å². The number of benzene rings is 1. The van der Waals surface area contributed by atoms with Gasteiger partial charge in [-0.1, -0.05) is 0 Å². The van der Waals surface area contributed by atoms with Crippen LogP contribution in [0.1, 0.15) is 32.3 Å². The van der Waals surface area contributed by atoms with Gasteiger partial charge in [-0.15, -0.1) is 24.0 Å². The predicted octanol–water partition coefficient (Wildman–Crippen LogP) is 3.07. The second-order valence-corrected chi connectivity index (χ2v) is 6.68. The number of nitrogens with one attached hydrogen (secondary N) is 1. The number of ether oxygens (including phenoxy) is 4. The number of likely N-dealkylation sites (tertiary alicyclic amines) is 1. The van der Waals surface area contributed by atoms with Crippen LogP contribution in [-0.2, 0) is 16.1 Å².